The molecule has 1 saturated heterocycles. The molecule has 1 unspecified atom stereocenters. The zero-order valence-electron chi connectivity index (χ0n) is 12.6. The fourth-order valence-corrected chi connectivity index (χ4v) is 3.24. The number of hydrogen-bond donors (Lipinski definition) is 1. The molecule has 0 aliphatic carbocycles. The molecule has 0 bridgehead atoms. The molecule has 2 heterocycles. The third kappa shape index (κ3) is 2.95. The number of methoxy groups -OCH3 is 1. The predicted molar refractivity (Wildman–Crippen MR) is 81.9 cm³/mol. The summed E-state index contributed by atoms with van der Waals surface area (Å²) in [7, 11) is 1.61. The molecule has 4 heteroatoms. The lowest BCUT2D eigenvalue weighted by Crippen LogP contribution is -3.14. The Bertz CT molecular complexity index is 692. The first-order chi connectivity index (χ1) is 10.2. The zero-order valence-corrected chi connectivity index (χ0v) is 12.6. The lowest BCUT2D eigenvalue weighted by atomic mass is 10.0. The number of piperidine rings is 1. The van der Waals surface area contributed by atoms with Gasteiger partial charge in [0.2, 0.25) is 0 Å². The van der Waals surface area contributed by atoms with Crippen LogP contribution < -0.4 is 15.3 Å². The van der Waals surface area contributed by atoms with E-state index in [-0.39, 0.29) is 5.63 Å². The van der Waals surface area contributed by atoms with Crippen molar-refractivity contribution in [2.45, 2.75) is 38.8 Å². The van der Waals surface area contributed by atoms with Crippen LogP contribution in [0.1, 0.15) is 31.7 Å². The van der Waals surface area contributed by atoms with E-state index in [0.717, 1.165) is 17.5 Å². The molecule has 2 aromatic rings. The van der Waals surface area contributed by atoms with E-state index in [1.807, 2.05) is 12.1 Å². The van der Waals surface area contributed by atoms with E-state index in [0.29, 0.717) is 17.4 Å². The van der Waals surface area contributed by atoms with Gasteiger partial charge in [0.05, 0.1) is 19.7 Å². The van der Waals surface area contributed by atoms with Crippen molar-refractivity contribution in [1.29, 1.82) is 0 Å². The maximum Gasteiger partial charge on any atom is 0.336 e. The SMILES string of the molecule is COc1ccc2c(C[NH+]3CCCC[C@@H]3C)cc(=O)oc2c1. The largest absolute Gasteiger partial charge is 0.497 e. The van der Waals surface area contributed by atoms with Gasteiger partial charge >= 0.3 is 5.63 Å². The summed E-state index contributed by atoms with van der Waals surface area (Å²) in [6.45, 7) is 4.36. The van der Waals surface area contributed by atoms with E-state index < -0.39 is 0 Å². The number of rotatable bonds is 3. The number of ether oxygens (including phenoxy) is 1. The van der Waals surface area contributed by atoms with Crippen LogP contribution in [0.25, 0.3) is 11.0 Å². The highest BCUT2D eigenvalue weighted by atomic mass is 16.5. The van der Waals surface area contributed by atoms with E-state index in [1.54, 1.807) is 24.1 Å². The molecule has 1 N–H and O–H groups in total. The summed E-state index contributed by atoms with van der Waals surface area (Å²) in [5.41, 5.74) is 1.41. The third-order valence-electron chi connectivity index (χ3n) is 4.54. The molecule has 0 spiro atoms. The fraction of sp³-hybridized carbons (Fsp3) is 0.471. The summed E-state index contributed by atoms with van der Waals surface area (Å²) in [5.74, 6) is 0.710. The van der Waals surface area contributed by atoms with Crippen LogP contribution in [0.5, 0.6) is 5.75 Å². The average Bonchev–Trinajstić information content (AvgIpc) is 2.48. The van der Waals surface area contributed by atoms with Crippen molar-refractivity contribution in [2.75, 3.05) is 13.7 Å². The topological polar surface area (TPSA) is 43.9 Å². The Kier molecular flexibility index (Phi) is 3.97. The number of fused-ring (bicyclic) bond motifs is 1. The van der Waals surface area contributed by atoms with Gasteiger partial charge in [-0.1, -0.05) is 0 Å². The average molecular weight is 288 g/mol. The van der Waals surface area contributed by atoms with Crippen LogP contribution in [0.4, 0.5) is 0 Å². The van der Waals surface area contributed by atoms with Gasteiger partial charge in [0.25, 0.3) is 0 Å². The van der Waals surface area contributed by atoms with E-state index >= 15 is 0 Å². The molecule has 2 atom stereocenters. The Morgan fingerprint density at radius 1 is 1.33 bits per heavy atom. The molecular weight excluding hydrogens is 266 g/mol. The molecule has 1 aromatic carbocycles. The quantitative estimate of drug-likeness (QED) is 0.875. The van der Waals surface area contributed by atoms with Crippen molar-refractivity contribution >= 4 is 11.0 Å². The molecule has 112 valence electrons. The molecular formula is C17H22NO3+. The van der Waals surface area contributed by atoms with E-state index in [9.17, 15) is 4.79 Å². The van der Waals surface area contributed by atoms with E-state index in [4.69, 9.17) is 9.15 Å². The van der Waals surface area contributed by atoms with Gasteiger partial charge in [-0.25, -0.2) is 4.79 Å². The van der Waals surface area contributed by atoms with Gasteiger partial charge in [-0.15, -0.1) is 0 Å². The Morgan fingerprint density at radius 3 is 2.95 bits per heavy atom. The number of quaternary nitrogens is 1. The van der Waals surface area contributed by atoms with Gasteiger partial charge in [0, 0.05) is 23.1 Å². The normalized spacial score (nSPS) is 22.4. The van der Waals surface area contributed by atoms with Crippen LogP contribution >= 0.6 is 0 Å². The highest BCUT2D eigenvalue weighted by Crippen LogP contribution is 2.22. The first kappa shape index (κ1) is 14.1. The molecule has 0 amide bonds. The molecule has 3 rings (SSSR count). The maximum atomic E-state index is 11.8. The highest BCUT2D eigenvalue weighted by Gasteiger charge is 2.23. The van der Waals surface area contributed by atoms with Crippen LogP contribution in [0.15, 0.2) is 33.5 Å². The summed E-state index contributed by atoms with van der Waals surface area (Å²) in [6, 6.07) is 7.99. The molecule has 0 saturated carbocycles. The van der Waals surface area contributed by atoms with Crippen molar-refractivity contribution in [2.24, 2.45) is 0 Å². The zero-order chi connectivity index (χ0) is 14.8. The van der Waals surface area contributed by atoms with Gasteiger partial charge < -0.3 is 14.1 Å². The number of hydrogen-bond acceptors (Lipinski definition) is 3. The maximum absolute atomic E-state index is 11.8. The first-order valence-electron chi connectivity index (χ1n) is 7.63. The molecule has 1 aliphatic heterocycles. The molecule has 21 heavy (non-hydrogen) atoms. The van der Waals surface area contributed by atoms with Gasteiger partial charge in [-0.3, -0.25) is 0 Å². The van der Waals surface area contributed by atoms with Crippen molar-refractivity contribution < 1.29 is 14.1 Å². The number of likely N-dealkylation sites (tertiary alicyclic amines) is 1. The summed E-state index contributed by atoms with van der Waals surface area (Å²) >= 11 is 0. The number of nitrogens with one attached hydrogen (secondary N) is 1. The Morgan fingerprint density at radius 2 is 2.19 bits per heavy atom. The Labute approximate surface area is 124 Å². The third-order valence-corrected chi connectivity index (χ3v) is 4.54. The summed E-state index contributed by atoms with van der Waals surface area (Å²) in [6.07, 6.45) is 3.86. The predicted octanol–water partition coefficient (Wildman–Crippen LogP) is 1.76. The van der Waals surface area contributed by atoms with E-state index in [1.165, 1.54) is 25.8 Å². The summed E-state index contributed by atoms with van der Waals surface area (Å²) in [4.78, 5) is 13.4. The van der Waals surface area contributed by atoms with Gasteiger partial charge in [-0.2, -0.15) is 0 Å². The standard InChI is InChI=1S/C17H21NO3/c1-12-5-3-4-8-18(12)11-13-9-17(19)21-16-10-14(20-2)6-7-15(13)16/h6-7,9-10,12H,3-5,8,11H2,1-2H3/p+1/t12-/m0/s1. The minimum Gasteiger partial charge on any atom is -0.497 e. The van der Waals surface area contributed by atoms with Crippen LogP contribution in [-0.4, -0.2) is 19.7 Å². The van der Waals surface area contributed by atoms with Crippen LogP contribution in [0.3, 0.4) is 0 Å². The van der Waals surface area contributed by atoms with Gasteiger partial charge in [-0.05, 0) is 38.3 Å². The first-order valence-corrected chi connectivity index (χ1v) is 7.63. The second kappa shape index (κ2) is 5.90. The van der Waals surface area contributed by atoms with Crippen LogP contribution in [0.2, 0.25) is 0 Å². The van der Waals surface area contributed by atoms with Crippen LogP contribution in [-0.2, 0) is 6.54 Å². The van der Waals surface area contributed by atoms with Gasteiger partial charge in [0.1, 0.15) is 17.9 Å². The molecule has 1 fully saturated rings. The Hall–Kier alpha value is -1.81. The molecule has 4 nitrogen and oxygen atoms in total. The second-order valence-corrected chi connectivity index (χ2v) is 5.93. The second-order valence-electron chi connectivity index (χ2n) is 5.93. The van der Waals surface area contributed by atoms with Crippen molar-refractivity contribution in [3.8, 4) is 5.75 Å². The number of benzene rings is 1. The minimum absolute atomic E-state index is 0.283. The lowest BCUT2D eigenvalue weighted by Gasteiger charge is -2.30. The highest BCUT2D eigenvalue weighted by molar-refractivity contribution is 5.81. The fourth-order valence-electron chi connectivity index (χ4n) is 3.24. The van der Waals surface area contributed by atoms with Crippen molar-refractivity contribution in [1.82, 2.24) is 0 Å². The van der Waals surface area contributed by atoms with Crippen LogP contribution in [0, 0.1) is 0 Å². The molecule has 1 aromatic heterocycles. The molecule has 1 aliphatic rings. The monoisotopic (exact) mass is 288 g/mol. The van der Waals surface area contributed by atoms with E-state index in [2.05, 4.69) is 6.92 Å². The summed E-state index contributed by atoms with van der Waals surface area (Å²) < 4.78 is 10.5. The Balaban J connectivity index is 1.99. The minimum atomic E-state index is -0.283. The van der Waals surface area contributed by atoms with Crippen molar-refractivity contribution in [3.05, 3.63) is 40.2 Å². The summed E-state index contributed by atoms with van der Waals surface area (Å²) in [5, 5.41) is 1.01. The van der Waals surface area contributed by atoms with Crippen molar-refractivity contribution in [3.63, 3.8) is 0 Å². The lowest BCUT2D eigenvalue weighted by molar-refractivity contribution is -0.941. The van der Waals surface area contributed by atoms with Gasteiger partial charge in [0.15, 0.2) is 0 Å². The molecule has 0 radical (unpaired) electrons. The smallest absolute Gasteiger partial charge is 0.336 e.